The fourth-order valence-corrected chi connectivity index (χ4v) is 1.20. The fourth-order valence-electron chi connectivity index (χ4n) is 1.20. The molecule has 0 spiro atoms. The van der Waals surface area contributed by atoms with E-state index in [-0.39, 0.29) is 18.4 Å². The molecule has 74 valence electrons. The Morgan fingerprint density at radius 2 is 2.15 bits per heavy atom. The third-order valence-electron chi connectivity index (χ3n) is 2.01. The van der Waals surface area contributed by atoms with E-state index >= 15 is 0 Å². The molecule has 5 heteroatoms. The predicted octanol–water partition coefficient (Wildman–Crippen LogP) is -0.815. The zero-order valence-corrected chi connectivity index (χ0v) is 7.54. The van der Waals surface area contributed by atoms with Crippen molar-refractivity contribution in [3.63, 3.8) is 0 Å². The van der Waals surface area contributed by atoms with Gasteiger partial charge in [0.15, 0.2) is 0 Å². The van der Waals surface area contributed by atoms with Crippen molar-refractivity contribution in [2.24, 2.45) is 5.92 Å². The molecule has 1 rings (SSSR count). The Balaban J connectivity index is 2.37. The van der Waals surface area contributed by atoms with E-state index in [9.17, 15) is 9.59 Å². The quantitative estimate of drug-likeness (QED) is 0.524. The second-order valence-electron chi connectivity index (χ2n) is 3.25. The maximum absolute atomic E-state index is 11.1. The monoisotopic (exact) mass is 186 g/mol. The Morgan fingerprint density at radius 3 is 2.54 bits per heavy atom. The summed E-state index contributed by atoms with van der Waals surface area (Å²) in [5.74, 6) is -1.06. The van der Waals surface area contributed by atoms with Gasteiger partial charge in [-0.25, -0.2) is 4.79 Å². The van der Waals surface area contributed by atoms with Gasteiger partial charge in [-0.2, -0.15) is 0 Å². The molecule has 0 saturated heterocycles. The summed E-state index contributed by atoms with van der Waals surface area (Å²) in [5.41, 5.74) is 0. The van der Waals surface area contributed by atoms with E-state index in [0.717, 1.165) is 12.8 Å². The lowest BCUT2D eigenvalue weighted by molar-refractivity contribution is -0.142. The summed E-state index contributed by atoms with van der Waals surface area (Å²) in [6.45, 7) is 0.163. The number of carbonyl (C=O) groups is 2. The van der Waals surface area contributed by atoms with Gasteiger partial charge in [-0.15, -0.1) is 0 Å². The summed E-state index contributed by atoms with van der Waals surface area (Å²) >= 11 is 0. The van der Waals surface area contributed by atoms with Crippen molar-refractivity contribution in [2.75, 3.05) is 13.6 Å². The van der Waals surface area contributed by atoms with E-state index in [2.05, 4.69) is 10.6 Å². The van der Waals surface area contributed by atoms with Crippen molar-refractivity contribution in [2.45, 2.75) is 18.9 Å². The minimum absolute atomic E-state index is 0.137. The summed E-state index contributed by atoms with van der Waals surface area (Å²) in [6, 6.07) is -0.694. The van der Waals surface area contributed by atoms with Gasteiger partial charge in [0.05, 0.1) is 6.54 Å². The van der Waals surface area contributed by atoms with Crippen molar-refractivity contribution in [1.29, 1.82) is 0 Å². The maximum atomic E-state index is 11.1. The highest BCUT2D eigenvalue weighted by Gasteiger charge is 2.36. The van der Waals surface area contributed by atoms with Gasteiger partial charge in [0.2, 0.25) is 5.91 Å². The van der Waals surface area contributed by atoms with Crippen molar-refractivity contribution < 1.29 is 14.7 Å². The second-order valence-corrected chi connectivity index (χ2v) is 3.25. The van der Waals surface area contributed by atoms with E-state index in [1.807, 2.05) is 0 Å². The molecule has 1 atom stereocenters. The van der Waals surface area contributed by atoms with Gasteiger partial charge in [0.1, 0.15) is 6.04 Å². The number of likely N-dealkylation sites (N-methyl/N-ethyl adjacent to an activating group) is 1. The number of hydrogen-bond donors (Lipinski definition) is 3. The van der Waals surface area contributed by atoms with Crippen molar-refractivity contribution in [3.8, 4) is 0 Å². The molecule has 3 N–H and O–H groups in total. The van der Waals surface area contributed by atoms with Crippen LogP contribution in [0.2, 0.25) is 0 Å². The zero-order chi connectivity index (χ0) is 9.84. The molecule has 1 aliphatic carbocycles. The molecule has 1 saturated carbocycles. The first-order valence-electron chi connectivity index (χ1n) is 4.32. The lowest BCUT2D eigenvalue weighted by atomic mass is 10.2. The van der Waals surface area contributed by atoms with Crippen molar-refractivity contribution in [1.82, 2.24) is 10.6 Å². The van der Waals surface area contributed by atoms with Crippen LogP contribution >= 0.6 is 0 Å². The van der Waals surface area contributed by atoms with Gasteiger partial charge in [0.25, 0.3) is 0 Å². The number of carboxylic acid groups (broad SMARTS) is 1. The molecule has 5 nitrogen and oxygen atoms in total. The highest BCUT2D eigenvalue weighted by Crippen LogP contribution is 2.32. The van der Waals surface area contributed by atoms with Crippen LogP contribution in [0.3, 0.4) is 0 Å². The molecule has 0 aromatic rings. The SMILES string of the molecule is CNCC(=O)NC(C(=O)O)C1CC1. The Kier molecular flexibility index (Phi) is 3.25. The van der Waals surface area contributed by atoms with Gasteiger partial charge >= 0.3 is 5.97 Å². The van der Waals surface area contributed by atoms with Crippen LogP contribution in [0.25, 0.3) is 0 Å². The third-order valence-corrected chi connectivity index (χ3v) is 2.01. The lowest BCUT2D eigenvalue weighted by Gasteiger charge is -2.12. The molecule has 1 aliphatic rings. The second kappa shape index (κ2) is 4.23. The minimum Gasteiger partial charge on any atom is -0.480 e. The zero-order valence-electron chi connectivity index (χ0n) is 7.54. The highest BCUT2D eigenvalue weighted by atomic mass is 16.4. The topological polar surface area (TPSA) is 78.4 Å². The molecule has 0 radical (unpaired) electrons. The molecular formula is C8H14N2O3. The number of carboxylic acids is 1. The summed E-state index contributed by atoms with van der Waals surface area (Å²) in [4.78, 5) is 21.7. The molecule has 0 aliphatic heterocycles. The van der Waals surface area contributed by atoms with Gasteiger partial charge in [0, 0.05) is 0 Å². The Hall–Kier alpha value is -1.10. The lowest BCUT2D eigenvalue weighted by Crippen LogP contribution is -2.45. The molecule has 0 bridgehead atoms. The summed E-state index contributed by atoms with van der Waals surface area (Å²) in [7, 11) is 1.65. The molecular weight excluding hydrogens is 172 g/mol. The number of rotatable bonds is 5. The number of carbonyl (C=O) groups excluding carboxylic acids is 1. The van der Waals surface area contributed by atoms with E-state index < -0.39 is 12.0 Å². The smallest absolute Gasteiger partial charge is 0.326 e. The largest absolute Gasteiger partial charge is 0.480 e. The normalized spacial score (nSPS) is 17.9. The summed E-state index contributed by atoms with van der Waals surface area (Å²) in [5, 5.41) is 13.9. The van der Waals surface area contributed by atoms with Crippen LogP contribution in [0.1, 0.15) is 12.8 Å². The Labute approximate surface area is 76.5 Å². The van der Waals surface area contributed by atoms with Crippen LogP contribution < -0.4 is 10.6 Å². The van der Waals surface area contributed by atoms with Crippen molar-refractivity contribution >= 4 is 11.9 Å². The first kappa shape index (κ1) is 9.98. The average Bonchev–Trinajstić information content (AvgIpc) is 2.82. The van der Waals surface area contributed by atoms with E-state index in [1.165, 1.54) is 0 Å². The van der Waals surface area contributed by atoms with Gasteiger partial charge < -0.3 is 15.7 Å². The number of nitrogens with one attached hydrogen (secondary N) is 2. The Bertz CT molecular complexity index is 213. The third kappa shape index (κ3) is 3.02. The van der Waals surface area contributed by atoms with Gasteiger partial charge in [-0.05, 0) is 25.8 Å². The molecule has 1 fully saturated rings. The van der Waals surface area contributed by atoms with Gasteiger partial charge in [-0.3, -0.25) is 4.79 Å². The average molecular weight is 186 g/mol. The van der Waals surface area contributed by atoms with Crippen molar-refractivity contribution in [3.05, 3.63) is 0 Å². The van der Waals surface area contributed by atoms with Crippen LogP contribution in [-0.4, -0.2) is 36.6 Å². The number of aliphatic carboxylic acids is 1. The van der Waals surface area contributed by atoms with Crippen LogP contribution in [0.4, 0.5) is 0 Å². The highest BCUT2D eigenvalue weighted by molar-refractivity contribution is 5.85. The molecule has 0 heterocycles. The standard InChI is InChI=1S/C8H14N2O3/c1-9-4-6(11)10-7(8(12)13)5-2-3-5/h5,7,9H,2-4H2,1H3,(H,10,11)(H,12,13). The number of hydrogen-bond acceptors (Lipinski definition) is 3. The predicted molar refractivity (Wildman–Crippen MR) is 46.2 cm³/mol. The van der Waals surface area contributed by atoms with Crippen LogP contribution in [0.15, 0.2) is 0 Å². The van der Waals surface area contributed by atoms with E-state index in [1.54, 1.807) is 7.05 Å². The van der Waals surface area contributed by atoms with Gasteiger partial charge in [-0.1, -0.05) is 0 Å². The minimum atomic E-state index is -0.938. The Morgan fingerprint density at radius 1 is 1.54 bits per heavy atom. The van der Waals surface area contributed by atoms with Crippen LogP contribution in [0, 0.1) is 5.92 Å². The maximum Gasteiger partial charge on any atom is 0.326 e. The first-order valence-corrected chi connectivity index (χ1v) is 4.32. The molecule has 13 heavy (non-hydrogen) atoms. The fraction of sp³-hybridized carbons (Fsp3) is 0.750. The molecule has 1 amide bonds. The molecule has 0 aromatic heterocycles. The van der Waals surface area contributed by atoms with Crippen LogP contribution in [0.5, 0.6) is 0 Å². The van der Waals surface area contributed by atoms with E-state index in [4.69, 9.17) is 5.11 Å². The summed E-state index contributed by atoms with van der Waals surface area (Å²) in [6.07, 6.45) is 1.80. The molecule has 1 unspecified atom stereocenters. The van der Waals surface area contributed by atoms with E-state index in [0.29, 0.717) is 0 Å². The number of amides is 1. The summed E-state index contributed by atoms with van der Waals surface area (Å²) < 4.78 is 0. The molecule has 0 aromatic carbocycles. The van der Waals surface area contributed by atoms with Crippen LogP contribution in [-0.2, 0) is 9.59 Å². The first-order chi connectivity index (χ1) is 6.15.